The summed E-state index contributed by atoms with van der Waals surface area (Å²) < 4.78 is 15.9. The molecule has 0 aliphatic carbocycles. The van der Waals surface area contributed by atoms with Crippen molar-refractivity contribution in [3.05, 3.63) is 52.4 Å². The molecule has 0 unspecified atom stereocenters. The molecular formula is C12H6BrNO4. The van der Waals surface area contributed by atoms with Gasteiger partial charge in [-0.15, -0.1) is 0 Å². The van der Waals surface area contributed by atoms with Gasteiger partial charge < -0.3 is 13.6 Å². The average Bonchev–Trinajstić information content (AvgIpc) is 3.02. The van der Waals surface area contributed by atoms with Crippen LogP contribution < -0.4 is 0 Å². The first-order chi connectivity index (χ1) is 8.72. The molecule has 5 nitrogen and oxygen atoms in total. The molecule has 3 heterocycles. The molecule has 90 valence electrons. The number of hydrogen-bond acceptors (Lipinski definition) is 5. The van der Waals surface area contributed by atoms with Crippen LogP contribution >= 0.6 is 15.9 Å². The first-order valence-electron chi connectivity index (χ1n) is 5.04. The van der Waals surface area contributed by atoms with Gasteiger partial charge in [-0.3, -0.25) is 0 Å². The fourth-order valence-electron chi connectivity index (χ4n) is 1.46. The van der Waals surface area contributed by atoms with E-state index in [1.165, 1.54) is 12.3 Å². The number of ether oxygens (including phenoxy) is 1. The van der Waals surface area contributed by atoms with Crippen molar-refractivity contribution in [2.45, 2.75) is 0 Å². The summed E-state index contributed by atoms with van der Waals surface area (Å²) in [6.07, 6.45) is 2.99. The van der Waals surface area contributed by atoms with Gasteiger partial charge in [0.15, 0.2) is 16.1 Å². The highest BCUT2D eigenvalue weighted by atomic mass is 79.9. The Kier molecular flexibility index (Phi) is 2.64. The zero-order valence-electron chi connectivity index (χ0n) is 8.92. The van der Waals surface area contributed by atoms with Crippen LogP contribution in [0.5, 0.6) is 0 Å². The van der Waals surface area contributed by atoms with E-state index in [1.54, 1.807) is 24.3 Å². The summed E-state index contributed by atoms with van der Waals surface area (Å²) in [7, 11) is 0. The highest BCUT2D eigenvalue weighted by Gasteiger charge is 2.26. The lowest BCUT2D eigenvalue weighted by Gasteiger charge is -1.91. The summed E-state index contributed by atoms with van der Waals surface area (Å²) in [5.74, 6) is 0.543. The lowest BCUT2D eigenvalue weighted by molar-refractivity contribution is -0.130. The number of nitrogens with zero attached hydrogens (tertiary/aromatic N) is 1. The van der Waals surface area contributed by atoms with Crippen LogP contribution in [-0.2, 0) is 9.53 Å². The molecule has 1 aliphatic heterocycles. The second-order valence-corrected chi connectivity index (χ2v) is 4.24. The van der Waals surface area contributed by atoms with E-state index in [2.05, 4.69) is 20.9 Å². The van der Waals surface area contributed by atoms with Crippen LogP contribution in [0.1, 0.15) is 11.5 Å². The Labute approximate surface area is 110 Å². The van der Waals surface area contributed by atoms with Gasteiger partial charge in [0.2, 0.25) is 0 Å². The van der Waals surface area contributed by atoms with Crippen LogP contribution in [0.2, 0.25) is 0 Å². The lowest BCUT2D eigenvalue weighted by Crippen LogP contribution is -2.04. The van der Waals surface area contributed by atoms with E-state index in [4.69, 9.17) is 13.6 Å². The van der Waals surface area contributed by atoms with E-state index >= 15 is 0 Å². The molecule has 0 fully saturated rings. The Hall–Kier alpha value is -2.08. The molecule has 2 aromatic rings. The molecule has 6 heteroatoms. The van der Waals surface area contributed by atoms with Crippen LogP contribution in [0.25, 0.3) is 6.08 Å². The Morgan fingerprint density at radius 3 is 2.83 bits per heavy atom. The first-order valence-corrected chi connectivity index (χ1v) is 5.83. The topological polar surface area (TPSA) is 64.9 Å². The van der Waals surface area contributed by atoms with Crippen LogP contribution in [-0.4, -0.2) is 11.9 Å². The van der Waals surface area contributed by atoms with Gasteiger partial charge in [0.1, 0.15) is 5.76 Å². The molecule has 0 spiro atoms. The Balaban J connectivity index is 1.94. The van der Waals surface area contributed by atoms with Crippen LogP contribution in [0.4, 0.5) is 0 Å². The zero-order chi connectivity index (χ0) is 12.5. The Morgan fingerprint density at radius 2 is 2.17 bits per heavy atom. The summed E-state index contributed by atoms with van der Waals surface area (Å²) >= 11 is 3.18. The second-order valence-electron chi connectivity index (χ2n) is 3.46. The fraction of sp³-hybridized carbons (Fsp3) is 0. The van der Waals surface area contributed by atoms with Gasteiger partial charge in [0.05, 0.1) is 6.26 Å². The number of furan rings is 2. The van der Waals surface area contributed by atoms with Gasteiger partial charge in [-0.05, 0) is 40.2 Å². The molecule has 0 atom stereocenters. The van der Waals surface area contributed by atoms with Gasteiger partial charge in [-0.2, -0.15) is 0 Å². The third-order valence-electron chi connectivity index (χ3n) is 2.23. The zero-order valence-corrected chi connectivity index (χ0v) is 10.5. The van der Waals surface area contributed by atoms with Crippen LogP contribution in [0, 0.1) is 0 Å². The van der Waals surface area contributed by atoms with Gasteiger partial charge in [0.25, 0.3) is 5.90 Å². The smallest absolute Gasteiger partial charge is 0.364 e. The van der Waals surface area contributed by atoms with E-state index < -0.39 is 5.97 Å². The van der Waals surface area contributed by atoms with E-state index in [0.717, 1.165) is 0 Å². The van der Waals surface area contributed by atoms with Gasteiger partial charge in [-0.1, -0.05) is 0 Å². The third-order valence-corrected chi connectivity index (χ3v) is 2.65. The van der Waals surface area contributed by atoms with Crippen molar-refractivity contribution < 1.29 is 18.4 Å². The van der Waals surface area contributed by atoms with Crippen molar-refractivity contribution in [1.29, 1.82) is 0 Å². The lowest BCUT2D eigenvalue weighted by atomic mass is 10.3. The number of hydrogen-bond donors (Lipinski definition) is 0. The summed E-state index contributed by atoms with van der Waals surface area (Å²) in [4.78, 5) is 15.6. The largest absolute Gasteiger partial charge is 0.459 e. The molecule has 0 amide bonds. The predicted octanol–water partition coefficient (Wildman–Crippen LogP) is 2.98. The molecular weight excluding hydrogens is 302 g/mol. The maximum absolute atomic E-state index is 11.6. The second kappa shape index (κ2) is 4.30. The highest BCUT2D eigenvalue weighted by Crippen LogP contribution is 2.21. The summed E-state index contributed by atoms with van der Waals surface area (Å²) in [5, 5.41) is 0. The van der Waals surface area contributed by atoms with Crippen molar-refractivity contribution in [3.8, 4) is 0 Å². The molecule has 0 radical (unpaired) electrons. The van der Waals surface area contributed by atoms with Gasteiger partial charge >= 0.3 is 5.97 Å². The SMILES string of the molecule is O=C1OC(c2ccco2)=N/C1=C/c1ccc(Br)o1. The van der Waals surface area contributed by atoms with Crippen molar-refractivity contribution in [3.63, 3.8) is 0 Å². The number of aliphatic imine (C=N–C) groups is 1. The number of cyclic esters (lactones) is 1. The third kappa shape index (κ3) is 2.02. The van der Waals surface area contributed by atoms with Crippen LogP contribution in [0.3, 0.4) is 0 Å². The van der Waals surface area contributed by atoms with E-state index in [0.29, 0.717) is 16.2 Å². The highest BCUT2D eigenvalue weighted by molar-refractivity contribution is 9.10. The molecule has 0 N–H and O–H groups in total. The summed E-state index contributed by atoms with van der Waals surface area (Å²) in [5.41, 5.74) is 0.170. The number of carbonyl (C=O) groups excluding carboxylic acids is 1. The normalized spacial score (nSPS) is 17.1. The maximum Gasteiger partial charge on any atom is 0.364 e. The summed E-state index contributed by atoms with van der Waals surface area (Å²) in [6.45, 7) is 0. The minimum Gasteiger partial charge on any atom is -0.459 e. The van der Waals surface area contributed by atoms with Crippen LogP contribution in [0.15, 0.2) is 54.7 Å². The van der Waals surface area contributed by atoms with Gasteiger partial charge in [-0.25, -0.2) is 9.79 Å². The molecule has 18 heavy (non-hydrogen) atoms. The Morgan fingerprint density at radius 1 is 1.28 bits per heavy atom. The minimum atomic E-state index is -0.533. The molecule has 0 aromatic carbocycles. The average molecular weight is 308 g/mol. The standard InChI is InChI=1S/C12H6BrNO4/c13-10-4-3-7(17-10)6-8-12(15)18-11(14-8)9-2-1-5-16-9/h1-6H/b8-6+. The molecule has 2 aromatic heterocycles. The molecule has 0 saturated heterocycles. The molecule has 3 rings (SSSR count). The monoisotopic (exact) mass is 307 g/mol. The molecule has 0 saturated carbocycles. The maximum atomic E-state index is 11.6. The molecule has 1 aliphatic rings. The number of carbonyl (C=O) groups is 1. The van der Waals surface area contributed by atoms with Crippen molar-refractivity contribution in [2.24, 2.45) is 4.99 Å². The fourth-order valence-corrected chi connectivity index (χ4v) is 1.77. The minimum absolute atomic E-state index is 0.155. The van der Waals surface area contributed by atoms with E-state index in [1.807, 2.05) is 0 Å². The number of halogens is 1. The van der Waals surface area contributed by atoms with E-state index in [-0.39, 0.29) is 11.6 Å². The summed E-state index contributed by atoms with van der Waals surface area (Å²) in [6, 6.07) is 6.80. The first kappa shape index (κ1) is 11.0. The Bertz CT molecular complexity index is 651. The predicted molar refractivity (Wildman–Crippen MR) is 65.7 cm³/mol. The molecule has 0 bridgehead atoms. The van der Waals surface area contributed by atoms with Crippen molar-refractivity contribution >= 4 is 33.9 Å². The van der Waals surface area contributed by atoms with Crippen molar-refractivity contribution in [2.75, 3.05) is 0 Å². The van der Waals surface area contributed by atoms with Crippen molar-refractivity contribution in [1.82, 2.24) is 0 Å². The van der Waals surface area contributed by atoms with Gasteiger partial charge in [0, 0.05) is 6.08 Å². The number of esters is 1. The quantitative estimate of drug-likeness (QED) is 0.632. The van der Waals surface area contributed by atoms with E-state index in [9.17, 15) is 4.79 Å². The number of rotatable bonds is 2.